The summed E-state index contributed by atoms with van der Waals surface area (Å²) in [5.41, 5.74) is 2.17. The second-order valence-electron chi connectivity index (χ2n) is 4.06. The van der Waals surface area contributed by atoms with Gasteiger partial charge in [0.2, 0.25) is 0 Å². The Balaban J connectivity index is 1.80. The van der Waals surface area contributed by atoms with E-state index in [2.05, 4.69) is 15.3 Å². The third-order valence-corrected chi connectivity index (χ3v) is 2.71. The van der Waals surface area contributed by atoms with Crippen LogP contribution in [0, 0.1) is 11.3 Å². The molecule has 1 aromatic carbocycles. The van der Waals surface area contributed by atoms with Gasteiger partial charge in [0.05, 0.1) is 6.33 Å². The van der Waals surface area contributed by atoms with Gasteiger partial charge >= 0.3 is 0 Å². The van der Waals surface area contributed by atoms with Gasteiger partial charge < -0.3 is 15.0 Å². The fourth-order valence-corrected chi connectivity index (χ4v) is 1.77. The largest absolute Gasteiger partial charge is 0.478 e. The average Bonchev–Trinajstić information content (AvgIpc) is 2.95. The van der Waals surface area contributed by atoms with Crippen LogP contribution in [0.4, 0.5) is 0 Å². The number of nitrogens with one attached hydrogen (secondary N) is 2. The number of ether oxygens (including phenoxy) is 1. The summed E-state index contributed by atoms with van der Waals surface area (Å²) < 4.78 is 5.37. The molecule has 0 fully saturated rings. The van der Waals surface area contributed by atoms with Crippen molar-refractivity contribution in [2.24, 2.45) is 0 Å². The number of imidazole rings is 1. The molecule has 0 saturated heterocycles. The molecule has 2 aromatic rings. The summed E-state index contributed by atoms with van der Waals surface area (Å²) >= 11 is 0. The molecule has 1 aromatic heterocycles. The van der Waals surface area contributed by atoms with Gasteiger partial charge in [-0.1, -0.05) is 18.2 Å². The molecule has 2 rings (SSSR count). The second kappa shape index (κ2) is 7.19. The number of nitrogens with zero attached hydrogens (tertiary/aromatic N) is 2. The van der Waals surface area contributed by atoms with E-state index in [1.165, 1.54) is 0 Å². The van der Waals surface area contributed by atoms with Crippen molar-refractivity contribution < 1.29 is 4.74 Å². The van der Waals surface area contributed by atoms with E-state index in [1.54, 1.807) is 6.33 Å². The molecule has 0 aliphatic heterocycles. The second-order valence-corrected chi connectivity index (χ2v) is 4.06. The molecule has 0 saturated carbocycles. The van der Waals surface area contributed by atoms with Crippen molar-refractivity contribution in [2.45, 2.75) is 13.0 Å². The Morgan fingerprint density at radius 3 is 3.05 bits per heavy atom. The summed E-state index contributed by atoms with van der Waals surface area (Å²) in [5, 5.41) is 11.9. The Labute approximate surface area is 112 Å². The predicted octanol–water partition coefficient (Wildman–Crippen LogP) is 1.64. The van der Waals surface area contributed by atoms with Gasteiger partial charge in [-0.15, -0.1) is 0 Å². The summed E-state index contributed by atoms with van der Waals surface area (Å²) in [6.07, 6.45) is 4.41. The van der Waals surface area contributed by atoms with E-state index < -0.39 is 0 Å². The highest BCUT2D eigenvalue weighted by Crippen LogP contribution is 2.17. The first kappa shape index (κ1) is 13.1. The van der Waals surface area contributed by atoms with E-state index in [1.807, 2.05) is 36.5 Å². The summed E-state index contributed by atoms with van der Waals surface area (Å²) in [6, 6.07) is 9.72. The molecular weight excluding hydrogens is 240 g/mol. The number of aromatic nitrogens is 2. The zero-order valence-corrected chi connectivity index (χ0v) is 10.6. The van der Waals surface area contributed by atoms with Crippen LogP contribution >= 0.6 is 0 Å². The zero-order valence-electron chi connectivity index (χ0n) is 10.6. The number of hydrogen-bond donors (Lipinski definition) is 2. The van der Waals surface area contributed by atoms with Crippen LogP contribution in [-0.4, -0.2) is 23.1 Å². The molecule has 2 N–H and O–H groups in total. The lowest BCUT2D eigenvalue weighted by molar-refractivity contribution is 0.362. The monoisotopic (exact) mass is 256 g/mol. The predicted molar refractivity (Wildman–Crippen MR) is 71.5 cm³/mol. The molecule has 98 valence electrons. The van der Waals surface area contributed by atoms with Gasteiger partial charge in [0, 0.05) is 37.0 Å². The number of H-pyrrole nitrogens is 1. The molecule has 0 unspecified atom stereocenters. The van der Waals surface area contributed by atoms with E-state index in [-0.39, 0.29) is 6.61 Å². The number of rotatable bonds is 7. The lowest BCUT2D eigenvalue weighted by atomic mass is 10.2. The van der Waals surface area contributed by atoms with Gasteiger partial charge in [-0.2, -0.15) is 5.26 Å². The molecule has 19 heavy (non-hydrogen) atoms. The fraction of sp³-hybridized carbons (Fsp3) is 0.286. The highest BCUT2D eigenvalue weighted by Gasteiger charge is 2.02. The Kier molecular flexibility index (Phi) is 4.96. The van der Waals surface area contributed by atoms with Crippen molar-refractivity contribution in [3.8, 4) is 11.8 Å². The third-order valence-electron chi connectivity index (χ3n) is 2.71. The van der Waals surface area contributed by atoms with Crippen molar-refractivity contribution in [3.05, 3.63) is 48.0 Å². The normalized spacial score (nSPS) is 10.1. The maximum Gasteiger partial charge on any atom is 0.174 e. The van der Waals surface area contributed by atoms with Gasteiger partial charge in [-0.05, 0) is 6.07 Å². The Morgan fingerprint density at radius 1 is 1.37 bits per heavy atom. The van der Waals surface area contributed by atoms with Crippen molar-refractivity contribution >= 4 is 0 Å². The maximum atomic E-state index is 8.54. The number of nitriles is 1. The minimum Gasteiger partial charge on any atom is -0.478 e. The molecule has 0 radical (unpaired) electrons. The van der Waals surface area contributed by atoms with Crippen LogP contribution in [0.2, 0.25) is 0 Å². The molecule has 0 aliphatic rings. The van der Waals surface area contributed by atoms with Crippen LogP contribution in [0.15, 0.2) is 36.8 Å². The number of aromatic amines is 1. The van der Waals surface area contributed by atoms with Crippen LogP contribution in [0.25, 0.3) is 0 Å². The van der Waals surface area contributed by atoms with Gasteiger partial charge in [0.15, 0.2) is 6.61 Å². The standard InChI is InChI=1S/C14H16N4O/c15-6-8-19-14-4-2-1-3-12(14)9-16-7-5-13-10-17-11-18-13/h1-4,10-11,16H,5,7-9H2,(H,17,18). The van der Waals surface area contributed by atoms with E-state index in [0.29, 0.717) is 0 Å². The SMILES string of the molecule is N#CCOc1ccccc1CNCCc1cnc[nH]1. The van der Waals surface area contributed by atoms with Gasteiger partial charge in [0.25, 0.3) is 0 Å². The summed E-state index contributed by atoms with van der Waals surface area (Å²) in [4.78, 5) is 7.04. The zero-order chi connectivity index (χ0) is 13.3. The maximum absolute atomic E-state index is 8.54. The van der Waals surface area contributed by atoms with Gasteiger partial charge in [-0.3, -0.25) is 0 Å². The molecule has 0 atom stereocenters. The summed E-state index contributed by atoms with van der Waals surface area (Å²) in [6.45, 7) is 1.65. The smallest absolute Gasteiger partial charge is 0.174 e. The number of para-hydroxylation sites is 1. The van der Waals surface area contributed by atoms with Crippen molar-refractivity contribution in [2.75, 3.05) is 13.2 Å². The number of hydrogen-bond acceptors (Lipinski definition) is 4. The fourth-order valence-electron chi connectivity index (χ4n) is 1.77. The molecule has 0 spiro atoms. The quantitative estimate of drug-likeness (QED) is 0.739. The van der Waals surface area contributed by atoms with Crippen molar-refractivity contribution in [3.63, 3.8) is 0 Å². The Bertz CT molecular complexity index is 531. The first-order valence-electron chi connectivity index (χ1n) is 6.16. The topological polar surface area (TPSA) is 73.7 Å². The highest BCUT2D eigenvalue weighted by atomic mass is 16.5. The molecule has 5 heteroatoms. The molecule has 0 bridgehead atoms. The lowest BCUT2D eigenvalue weighted by Crippen LogP contribution is -2.17. The highest BCUT2D eigenvalue weighted by molar-refractivity contribution is 5.33. The van der Waals surface area contributed by atoms with Crippen LogP contribution in [0.5, 0.6) is 5.75 Å². The van der Waals surface area contributed by atoms with E-state index in [9.17, 15) is 0 Å². The van der Waals surface area contributed by atoms with E-state index in [4.69, 9.17) is 10.00 Å². The minimum atomic E-state index is 0.0746. The van der Waals surface area contributed by atoms with E-state index in [0.717, 1.165) is 36.5 Å². The lowest BCUT2D eigenvalue weighted by Gasteiger charge is -2.09. The van der Waals surface area contributed by atoms with Crippen LogP contribution in [-0.2, 0) is 13.0 Å². The summed E-state index contributed by atoms with van der Waals surface area (Å²) in [7, 11) is 0. The third kappa shape index (κ3) is 4.12. The van der Waals surface area contributed by atoms with Crippen LogP contribution in [0.1, 0.15) is 11.3 Å². The Morgan fingerprint density at radius 2 is 2.26 bits per heavy atom. The van der Waals surface area contributed by atoms with Crippen molar-refractivity contribution in [1.29, 1.82) is 5.26 Å². The van der Waals surface area contributed by atoms with Gasteiger partial charge in [0.1, 0.15) is 11.8 Å². The van der Waals surface area contributed by atoms with Crippen molar-refractivity contribution in [1.82, 2.24) is 15.3 Å². The van der Waals surface area contributed by atoms with Crippen LogP contribution in [0.3, 0.4) is 0 Å². The summed E-state index contributed by atoms with van der Waals surface area (Å²) in [5.74, 6) is 0.762. The molecule has 5 nitrogen and oxygen atoms in total. The average molecular weight is 256 g/mol. The first-order valence-corrected chi connectivity index (χ1v) is 6.16. The number of benzene rings is 1. The molecule has 0 aliphatic carbocycles. The molecule has 1 heterocycles. The van der Waals surface area contributed by atoms with E-state index >= 15 is 0 Å². The van der Waals surface area contributed by atoms with Gasteiger partial charge in [-0.25, -0.2) is 4.98 Å². The first-order chi connectivity index (χ1) is 9.40. The minimum absolute atomic E-state index is 0.0746. The molecular formula is C14H16N4O. The molecule has 0 amide bonds. The Hall–Kier alpha value is -2.32. The van der Waals surface area contributed by atoms with Crippen LogP contribution < -0.4 is 10.1 Å².